The van der Waals surface area contributed by atoms with Gasteiger partial charge in [0.15, 0.2) is 6.10 Å². The van der Waals surface area contributed by atoms with Gasteiger partial charge in [-0.3, -0.25) is 14.2 Å². The molecule has 0 N–H and O–H groups in total. The molecule has 0 aliphatic rings. The van der Waals surface area contributed by atoms with Crippen molar-refractivity contribution < 1.29 is 42.1 Å². The highest BCUT2D eigenvalue weighted by molar-refractivity contribution is 7.45. The summed E-state index contributed by atoms with van der Waals surface area (Å²) in [7, 11) is 1.17. The molecule has 65 heavy (non-hydrogen) atoms. The molecule has 2 atom stereocenters. The molecule has 0 amide bonds. The SMILES string of the molecule is CC/C=C\C/C=C\C/C=C\C/C=C\C/C=C\CCCCCCCCCCCCCCCCCCCCCC(=O)OC(COC(=O)CCCCCCCC)COP(=O)([O-])OCC[N+](C)(C)C. The Balaban J connectivity index is 3.86. The largest absolute Gasteiger partial charge is 0.756 e. The molecule has 10 heteroatoms. The first-order chi connectivity index (χ1) is 31.5. The second-order valence-electron chi connectivity index (χ2n) is 18.9. The molecule has 2 unspecified atom stereocenters. The topological polar surface area (TPSA) is 111 Å². The molecule has 0 fully saturated rings. The number of hydrogen-bond donors (Lipinski definition) is 0. The van der Waals surface area contributed by atoms with E-state index >= 15 is 0 Å². The van der Waals surface area contributed by atoms with Crippen LogP contribution in [0.4, 0.5) is 0 Å². The first kappa shape index (κ1) is 62.7. The van der Waals surface area contributed by atoms with Gasteiger partial charge in [0.2, 0.25) is 0 Å². The van der Waals surface area contributed by atoms with Crippen LogP contribution < -0.4 is 4.89 Å². The van der Waals surface area contributed by atoms with Gasteiger partial charge in [0.25, 0.3) is 7.82 Å². The van der Waals surface area contributed by atoms with Crippen LogP contribution in [-0.4, -0.2) is 70.0 Å². The molecule has 378 valence electrons. The Morgan fingerprint density at radius 3 is 1.31 bits per heavy atom. The highest BCUT2D eigenvalue weighted by Crippen LogP contribution is 2.38. The lowest BCUT2D eigenvalue weighted by atomic mass is 10.0. The molecule has 0 heterocycles. The Morgan fingerprint density at radius 1 is 0.492 bits per heavy atom. The summed E-state index contributed by atoms with van der Waals surface area (Å²) in [6, 6.07) is 0. The number of ether oxygens (including phenoxy) is 2. The third kappa shape index (κ3) is 51.0. The molecule has 0 spiro atoms. The number of allylic oxidation sites excluding steroid dienone is 10. The van der Waals surface area contributed by atoms with Crippen molar-refractivity contribution in [2.45, 2.75) is 232 Å². The van der Waals surface area contributed by atoms with Crippen molar-refractivity contribution in [2.75, 3.05) is 47.5 Å². The standard InChI is InChI=1S/C55H100NO8P/c1-6-8-10-12-14-15-16-17-18-19-20-21-22-23-24-25-26-27-28-29-30-31-32-33-34-35-36-37-38-39-40-41-42-44-46-48-55(58)64-53(51-61-54(57)47-45-43-13-11-9-7-2)52-63-65(59,60)62-50-49-56(3,4)5/h8,10,14-15,17-18,20-21,23-24,53H,6-7,9,11-13,16,19,22,25-52H2,1-5H3/b10-8-,15-14-,18-17-,21-20-,24-23-. The van der Waals surface area contributed by atoms with Crippen LogP contribution in [0.3, 0.4) is 0 Å². The fraction of sp³-hybridized carbons (Fsp3) is 0.782. The lowest BCUT2D eigenvalue weighted by molar-refractivity contribution is -0.870. The third-order valence-corrected chi connectivity index (χ3v) is 12.3. The highest BCUT2D eigenvalue weighted by Gasteiger charge is 2.21. The van der Waals surface area contributed by atoms with E-state index in [0.29, 0.717) is 17.4 Å². The van der Waals surface area contributed by atoms with Gasteiger partial charge in [-0.25, -0.2) is 0 Å². The Labute approximate surface area is 400 Å². The lowest BCUT2D eigenvalue weighted by Crippen LogP contribution is -2.37. The average Bonchev–Trinajstić information content (AvgIpc) is 3.26. The van der Waals surface area contributed by atoms with Gasteiger partial charge in [0.05, 0.1) is 27.7 Å². The van der Waals surface area contributed by atoms with E-state index in [-0.39, 0.29) is 26.1 Å². The van der Waals surface area contributed by atoms with E-state index in [2.05, 4.69) is 74.6 Å². The Morgan fingerprint density at radius 2 is 0.877 bits per heavy atom. The highest BCUT2D eigenvalue weighted by atomic mass is 31.2. The molecule has 0 radical (unpaired) electrons. The summed E-state index contributed by atoms with van der Waals surface area (Å²) in [5.74, 6) is -0.838. The predicted octanol–water partition coefficient (Wildman–Crippen LogP) is 15.3. The molecule has 0 aliphatic carbocycles. The van der Waals surface area contributed by atoms with E-state index in [0.717, 1.165) is 83.5 Å². The summed E-state index contributed by atoms with van der Waals surface area (Å²) in [6.07, 6.45) is 58.9. The van der Waals surface area contributed by atoms with Crippen molar-refractivity contribution in [2.24, 2.45) is 0 Å². The van der Waals surface area contributed by atoms with E-state index in [1.165, 1.54) is 109 Å². The average molecular weight is 934 g/mol. The zero-order chi connectivity index (χ0) is 47.8. The maximum Gasteiger partial charge on any atom is 0.306 e. The van der Waals surface area contributed by atoms with Gasteiger partial charge in [-0.1, -0.05) is 216 Å². The van der Waals surface area contributed by atoms with Crippen molar-refractivity contribution in [3.8, 4) is 0 Å². The van der Waals surface area contributed by atoms with Crippen LogP contribution in [0.5, 0.6) is 0 Å². The zero-order valence-electron chi connectivity index (χ0n) is 42.7. The molecule has 9 nitrogen and oxygen atoms in total. The van der Waals surface area contributed by atoms with Crippen LogP contribution in [0, 0.1) is 0 Å². The fourth-order valence-corrected chi connectivity index (χ4v) is 7.94. The molecule has 0 aliphatic heterocycles. The number of likely N-dealkylation sites (N-methyl/N-ethyl adjacent to an activating group) is 1. The second-order valence-corrected chi connectivity index (χ2v) is 20.3. The van der Waals surface area contributed by atoms with Gasteiger partial charge >= 0.3 is 11.9 Å². The van der Waals surface area contributed by atoms with Crippen molar-refractivity contribution in [1.29, 1.82) is 0 Å². The summed E-state index contributed by atoms with van der Waals surface area (Å²) in [4.78, 5) is 37.4. The Kier molecular flexibility index (Phi) is 45.2. The predicted molar refractivity (Wildman–Crippen MR) is 273 cm³/mol. The molecule has 0 aromatic heterocycles. The van der Waals surface area contributed by atoms with E-state index in [1.54, 1.807) is 0 Å². The van der Waals surface area contributed by atoms with Crippen molar-refractivity contribution in [3.63, 3.8) is 0 Å². The number of carbonyl (C=O) groups is 2. The summed E-state index contributed by atoms with van der Waals surface area (Å²) >= 11 is 0. The second kappa shape index (κ2) is 46.8. The van der Waals surface area contributed by atoms with Gasteiger partial charge in [-0.2, -0.15) is 0 Å². The Hall–Kier alpha value is -2.29. The minimum absolute atomic E-state index is 0.0300. The molecule has 0 aromatic rings. The number of hydrogen-bond acceptors (Lipinski definition) is 8. The van der Waals surface area contributed by atoms with Crippen LogP contribution in [0.1, 0.15) is 226 Å². The minimum Gasteiger partial charge on any atom is -0.756 e. The van der Waals surface area contributed by atoms with E-state index in [1.807, 2.05) is 21.1 Å². The number of carbonyl (C=O) groups excluding carboxylic acids is 2. The fourth-order valence-electron chi connectivity index (χ4n) is 7.21. The van der Waals surface area contributed by atoms with Crippen LogP contribution in [0.15, 0.2) is 60.8 Å². The van der Waals surface area contributed by atoms with E-state index in [9.17, 15) is 19.0 Å². The third-order valence-electron chi connectivity index (χ3n) is 11.3. The van der Waals surface area contributed by atoms with Gasteiger partial charge < -0.3 is 27.9 Å². The number of esters is 2. The normalized spacial score (nSPS) is 13.9. The minimum atomic E-state index is -4.62. The van der Waals surface area contributed by atoms with Crippen molar-refractivity contribution in [1.82, 2.24) is 0 Å². The quantitative estimate of drug-likeness (QED) is 0.0195. The summed E-state index contributed by atoms with van der Waals surface area (Å²) in [5.41, 5.74) is 0. The van der Waals surface area contributed by atoms with Crippen LogP contribution in [0.25, 0.3) is 0 Å². The zero-order valence-corrected chi connectivity index (χ0v) is 43.6. The van der Waals surface area contributed by atoms with Crippen LogP contribution in [-0.2, 0) is 32.7 Å². The number of phosphoric ester groups is 1. The number of phosphoric acid groups is 1. The molecule has 0 bridgehead atoms. The van der Waals surface area contributed by atoms with Crippen LogP contribution in [0.2, 0.25) is 0 Å². The maximum atomic E-state index is 12.7. The number of unbranched alkanes of at least 4 members (excludes halogenated alkanes) is 24. The summed E-state index contributed by atoms with van der Waals surface area (Å²) in [6.45, 7) is 4.05. The molecular formula is C55H100NO8P. The first-order valence-corrected chi connectivity index (χ1v) is 28.0. The van der Waals surface area contributed by atoms with Gasteiger partial charge in [-0.15, -0.1) is 0 Å². The number of rotatable bonds is 48. The number of nitrogens with zero attached hydrogens (tertiary/aromatic N) is 1. The Bertz CT molecular complexity index is 1290. The summed E-state index contributed by atoms with van der Waals surface area (Å²) < 4.78 is 33.8. The van der Waals surface area contributed by atoms with E-state index < -0.39 is 32.5 Å². The monoisotopic (exact) mass is 934 g/mol. The molecule has 0 rings (SSSR count). The van der Waals surface area contributed by atoms with Gasteiger partial charge in [0.1, 0.15) is 19.8 Å². The van der Waals surface area contributed by atoms with Gasteiger partial charge in [0, 0.05) is 12.8 Å². The van der Waals surface area contributed by atoms with E-state index in [4.69, 9.17) is 18.5 Å². The smallest absolute Gasteiger partial charge is 0.306 e. The van der Waals surface area contributed by atoms with Crippen molar-refractivity contribution >= 4 is 19.8 Å². The van der Waals surface area contributed by atoms with Gasteiger partial charge in [-0.05, 0) is 57.8 Å². The number of quaternary nitrogens is 1. The molecule has 0 saturated carbocycles. The van der Waals surface area contributed by atoms with Crippen LogP contribution >= 0.6 is 7.82 Å². The van der Waals surface area contributed by atoms with Crippen molar-refractivity contribution in [3.05, 3.63) is 60.8 Å². The first-order valence-electron chi connectivity index (χ1n) is 26.5. The summed E-state index contributed by atoms with van der Waals surface area (Å²) in [5, 5.41) is 0. The molecular weight excluding hydrogens is 834 g/mol. The lowest BCUT2D eigenvalue weighted by Gasteiger charge is -2.28. The maximum absolute atomic E-state index is 12.7. The molecule has 0 aromatic carbocycles. The molecule has 0 saturated heterocycles.